The lowest BCUT2D eigenvalue weighted by Crippen LogP contribution is -3.00. The highest BCUT2D eigenvalue weighted by Gasteiger charge is 2.09. The van der Waals surface area contributed by atoms with Gasteiger partial charge >= 0.3 is 0 Å². The Labute approximate surface area is 186 Å². The first-order valence-electron chi connectivity index (χ1n) is 12.0. The number of nitrogens with zero attached hydrogens (tertiary/aromatic N) is 1. The van der Waals surface area contributed by atoms with E-state index >= 15 is 0 Å². The first-order chi connectivity index (χ1) is 13.4. The minimum absolute atomic E-state index is 0. The van der Waals surface area contributed by atoms with Crippen molar-refractivity contribution in [3.63, 3.8) is 0 Å². The van der Waals surface area contributed by atoms with Gasteiger partial charge in [0.15, 0.2) is 12.4 Å². The van der Waals surface area contributed by atoms with Crippen LogP contribution in [-0.4, -0.2) is 12.6 Å². The number of halogens is 1. The summed E-state index contributed by atoms with van der Waals surface area (Å²) >= 11 is 0. The molecule has 0 bridgehead atoms. The Bertz CT molecular complexity index is 410. The van der Waals surface area contributed by atoms with E-state index in [0.29, 0.717) is 0 Å². The van der Waals surface area contributed by atoms with E-state index in [2.05, 4.69) is 54.3 Å². The molecule has 0 aliphatic carbocycles. The number of hydrogen-bond donors (Lipinski definition) is 1. The third-order valence-electron chi connectivity index (χ3n) is 5.62. The summed E-state index contributed by atoms with van der Waals surface area (Å²) in [5.41, 5.74) is 0. The lowest BCUT2D eigenvalue weighted by atomic mass is 10.0. The van der Waals surface area contributed by atoms with Gasteiger partial charge in [-0.3, -0.25) is 0 Å². The molecule has 0 saturated heterocycles. The highest BCUT2D eigenvalue weighted by atomic mass is 79.9. The van der Waals surface area contributed by atoms with Crippen LogP contribution in [0.15, 0.2) is 30.6 Å². The van der Waals surface area contributed by atoms with E-state index in [1.807, 2.05) is 0 Å². The number of rotatable bonds is 19. The minimum atomic E-state index is 0. The van der Waals surface area contributed by atoms with Gasteiger partial charge in [-0.15, -0.1) is 0 Å². The molecule has 0 radical (unpaired) electrons. The first-order valence-corrected chi connectivity index (χ1v) is 12.0. The fourth-order valence-electron chi connectivity index (χ4n) is 3.83. The van der Waals surface area contributed by atoms with Crippen molar-refractivity contribution in [2.24, 2.45) is 0 Å². The van der Waals surface area contributed by atoms with E-state index in [-0.39, 0.29) is 17.0 Å². The number of pyridine rings is 1. The standard InChI is InChI=1S/C25H47N2.BrH/c1-3-5-7-9-11-14-19-25(26-21-15-12-10-8-6-4-2)20-18-24-27-22-16-13-17-23-27;/h13,16-17,22-23,25-26H,3-12,14-15,18-21,24H2,1-2H3;1H/q+1;/p-1. The summed E-state index contributed by atoms with van der Waals surface area (Å²) in [5, 5.41) is 3.89. The SMILES string of the molecule is CCCCCCCCNC(CCCCCCCC)CCC[n+]1ccccc1.[Br-]. The Morgan fingerprint density at radius 2 is 1.18 bits per heavy atom. The Morgan fingerprint density at radius 1 is 0.643 bits per heavy atom. The van der Waals surface area contributed by atoms with Gasteiger partial charge in [0.25, 0.3) is 0 Å². The first kappa shape index (κ1) is 27.6. The third kappa shape index (κ3) is 16.5. The molecule has 2 nitrogen and oxygen atoms in total. The van der Waals surface area contributed by atoms with Crippen LogP contribution in [0.2, 0.25) is 0 Å². The van der Waals surface area contributed by atoms with E-state index in [4.69, 9.17) is 0 Å². The van der Waals surface area contributed by atoms with Crippen molar-refractivity contribution in [2.75, 3.05) is 6.54 Å². The molecule has 28 heavy (non-hydrogen) atoms. The fraction of sp³-hybridized carbons (Fsp3) is 0.800. The number of hydrogen-bond acceptors (Lipinski definition) is 1. The largest absolute Gasteiger partial charge is 1.00 e. The van der Waals surface area contributed by atoms with E-state index in [9.17, 15) is 0 Å². The summed E-state index contributed by atoms with van der Waals surface area (Å²) in [7, 11) is 0. The number of nitrogens with one attached hydrogen (secondary N) is 1. The average Bonchev–Trinajstić information content (AvgIpc) is 2.70. The molecule has 0 aliphatic heterocycles. The van der Waals surface area contributed by atoms with Gasteiger partial charge in [0.1, 0.15) is 6.54 Å². The van der Waals surface area contributed by atoms with Gasteiger partial charge in [-0.1, -0.05) is 90.5 Å². The van der Waals surface area contributed by atoms with Crippen molar-refractivity contribution in [3.8, 4) is 0 Å². The molecule has 0 amide bonds. The normalized spacial score (nSPS) is 11.9. The maximum Gasteiger partial charge on any atom is 0.168 e. The second kappa shape index (κ2) is 21.3. The molecule has 0 saturated carbocycles. The van der Waals surface area contributed by atoms with Crippen LogP contribution in [0.5, 0.6) is 0 Å². The Kier molecular flexibility index (Phi) is 21.0. The van der Waals surface area contributed by atoms with Crippen molar-refractivity contribution in [1.29, 1.82) is 0 Å². The molecular weight excluding hydrogens is 408 g/mol. The Hall–Kier alpha value is -0.410. The van der Waals surface area contributed by atoms with Crippen LogP contribution >= 0.6 is 0 Å². The summed E-state index contributed by atoms with van der Waals surface area (Å²) < 4.78 is 2.32. The summed E-state index contributed by atoms with van der Waals surface area (Å²) in [6.45, 7) is 6.95. The second-order valence-corrected chi connectivity index (χ2v) is 8.23. The molecular formula is C25H47BrN2. The van der Waals surface area contributed by atoms with Crippen LogP contribution < -0.4 is 26.9 Å². The summed E-state index contributed by atoms with van der Waals surface area (Å²) in [5.74, 6) is 0. The van der Waals surface area contributed by atoms with Crippen molar-refractivity contribution in [2.45, 2.75) is 123 Å². The van der Waals surface area contributed by atoms with Crippen LogP contribution in [0.3, 0.4) is 0 Å². The second-order valence-electron chi connectivity index (χ2n) is 8.23. The Balaban J connectivity index is 0.00000729. The molecule has 0 aliphatic rings. The smallest absolute Gasteiger partial charge is 0.168 e. The van der Waals surface area contributed by atoms with Gasteiger partial charge in [0.05, 0.1) is 0 Å². The van der Waals surface area contributed by atoms with Crippen LogP contribution in [0, 0.1) is 0 Å². The molecule has 1 N–H and O–H groups in total. The van der Waals surface area contributed by atoms with E-state index < -0.39 is 0 Å². The van der Waals surface area contributed by atoms with Gasteiger partial charge < -0.3 is 22.3 Å². The number of aromatic nitrogens is 1. The third-order valence-corrected chi connectivity index (χ3v) is 5.62. The topological polar surface area (TPSA) is 15.9 Å². The monoisotopic (exact) mass is 454 g/mol. The zero-order chi connectivity index (χ0) is 19.4. The van der Waals surface area contributed by atoms with Crippen molar-refractivity contribution >= 4 is 0 Å². The number of unbranched alkanes of at least 4 members (excludes halogenated alkanes) is 10. The fourth-order valence-corrected chi connectivity index (χ4v) is 3.83. The molecule has 1 heterocycles. The maximum atomic E-state index is 3.89. The summed E-state index contributed by atoms with van der Waals surface area (Å²) in [4.78, 5) is 0. The highest BCUT2D eigenvalue weighted by Crippen LogP contribution is 2.12. The van der Waals surface area contributed by atoms with Crippen LogP contribution in [0.1, 0.15) is 110 Å². The Morgan fingerprint density at radius 3 is 1.82 bits per heavy atom. The van der Waals surface area contributed by atoms with E-state index in [1.54, 1.807) is 0 Å². The molecule has 1 unspecified atom stereocenters. The molecule has 1 atom stereocenters. The molecule has 1 rings (SSSR count). The minimum Gasteiger partial charge on any atom is -1.00 e. The zero-order valence-corrected chi connectivity index (χ0v) is 20.4. The van der Waals surface area contributed by atoms with E-state index in [1.165, 1.54) is 103 Å². The molecule has 164 valence electrons. The van der Waals surface area contributed by atoms with Gasteiger partial charge in [0.2, 0.25) is 0 Å². The molecule has 3 heteroatoms. The quantitative estimate of drug-likeness (QED) is 0.248. The van der Waals surface area contributed by atoms with Gasteiger partial charge in [0, 0.05) is 24.6 Å². The maximum absolute atomic E-state index is 3.89. The van der Waals surface area contributed by atoms with Crippen LogP contribution in [0.4, 0.5) is 0 Å². The lowest BCUT2D eigenvalue weighted by Gasteiger charge is -2.18. The van der Waals surface area contributed by atoms with Gasteiger partial charge in [-0.2, -0.15) is 0 Å². The molecule has 0 fully saturated rings. The van der Waals surface area contributed by atoms with E-state index in [0.717, 1.165) is 12.6 Å². The van der Waals surface area contributed by atoms with Gasteiger partial charge in [-0.25, -0.2) is 4.57 Å². The predicted molar refractivity (Wildman–Crippen MR) is 119 cm³/mol. The zero-order valence-electron chi connectivity index (χ0n) is 18.8. The lowest BCUT2D eigenvalue weighted by molar-refractivity contribution is -0.697. The molecule has 1 aromatic heterocycles. The van der Waals surface area contributed by atoms with Crippen LogP contribution in [-0.2, 0) is 6.54 Å². The molecule has 0 spiro atoms. The van der Waals surface area contributed by atoms with Crippen molar-refractivity contribution in [1.82, 2.24) is 5.32 Å². The van der Waals surface area contributed by atoms with Gasteiger partial charge in [-0.05, 0) is 25.8 Å². The summed E-state index contributed by atoms with van der Waals surface area (Å²) in [6.07, 6.45) is 25.1. The predicted octanol–water partition coefficient (Wildman–Crippen LogP) is 3.83. The summed E-state index contributed by atoms with van der Waals surface area (Å²) in [6, 6.07) is 7.07. The average molecular weight is 456 g/mol. The van der Waals surface area contributed by atoms with Crippen molar-refractivity contribution in [3.05, 3.63) is 30.6 Å². The highest BCUT2D eigenvalue weighted by molar-refractivity contribution is 4.83. The molecule has 1 aromatic rings. The van der Waals surface area contributed by atoms with Crippen LogP contribution in [0.25, 0.3) is 0 Å². The molecule has 0 aromatic carbocycles. The number of aryl methyl sites for hydroxylation is 1. The van der Waals surface area contributed by atoms with Crippen molar-refractivity contribution < 1.29 is 21.5 Å².